The summed E-state index contributed by atoms with van der Waals surface area (Å²) in [7, 11) is 0. The standard InChI is InChI=1S/C23H22BrNO2/c1-15(26)13-21-22(17(3)27)16(2)25(14-18-7-5-4-6-8-18)23(21)19-9-11-20(24)12-10-19/h4-12H,13-14H2,1-3H3. The maximum absolute atomic E-state index is 12.4. The Morgan fingerprint density at radius 2 is 1.59 bits per heavy atom. The van der Waals surface area contributed by atoms with Crippen LogP contribution < -0.4 is 0 Å². The van der Waals surface area contributed by atoms with Crippen molar-refractivity contribution in [3.63, 3.8) is 0 Å². The Kier molecular flexibility index (Phi) is 5.76. The Balaban J connectivity index is 2.28. The van der Waals surface area contributed by atoms with Crippen LogP contribution in [0.3, 0.4) is 0 Å². The Morgan fingerprint density at radius 3 is 2.15 bits per heavy atom. The highest BCUT2D eigenvalue weighted by Crippen LogP contribution is 2.34. The molecule has 0 radical (unpaired) electrons. The molecule has 0 saturated carbocycles. The highest BCUT2D eigenvalue weighted by molar-refractivity contribution is 9.10. The van der Waals surface area contributed by atoms with Crippen molar-refractivity contribution < 1.29 is 9.59 Å². The molecule has 0 fully saturated rings. The van der Waals surface area contributed by atoms with Gasteiger partial charge in [0.05, 0.1) is 5.69 Å². The third kappa shape index (κ3) is 4.11. The zero-order chi connectivity index (χ0) is 19.6. The van der Waals surface area contributed by atoms with Gasteiger partial charge in [-0.1, -0.05) is 58.4 Å². The van der Waals surface area contributed by atoms with Gasteiger partial charge in [0.25, 0.3) is 0 Å². The summed E-state index contributed by atoms with van der Waals surface area (Å²) < 4.78 is 3.15. The van der Waals surface area contributed by atoms with Crippen molar-refractivity contribution >= 4 is 27.5 Å². The van der Waals surface area contributed by atoms with E-state index in [0.717, 1.165) is 32.6 Å². The van der Waals surface area contributed by atoms with Crippen LogP contribution in [0.5, 0.6) is 0 Å². The lowest BCUT2D eigenvalue weighted by molar-refractivity contribution is -0.116. The van der Waals surface area contributed by atoms with Gasteiger partial charge in [-0.3, -0.25) is 9.59 Å². The van der Waals surface area contributed by atoms with Crippen molar-refractivity contribution in [2.24, 2.45) is 0 Å². The van der Waals surface area contributed by atoms with Crippen molar-refractivity contribution in [3.05, 3.63) is 81.5 Å². The normalized spacial score (nSPS) is 10.8. The minimum Gasteiger partial charge on any atom is -0.339 e. The van der Waals surface area contributed by atoms with Crippen LogP contribution in [0.25, 0.3) is 11.3 Å². The molecule has 0 atom stereocenters. The number of benzene rings is 2. The van der Waals surface area contributed by atoms with Crippen LogP contribution in [0.1, 0.15) is 41.0 Å². The van der Waals surface area contributed by atoms with Crippen LogP contribution in [-0.4, -0.2) is 16.1 Å². The average molecular weight is 424 g/mol. The molecule has 0 N–H and O–H groups in total. The van der Waals surface area contributed by atoms with Gasteiger partial charge >= 0.3 is 0 Å². The first-order chi connectivity index (χ1) is 12.9. The van der Waals surface area contributed by atoms with Crippen molar-refractivity contribution in [2.45, 2.75) is 33.7 Å². The van der Waals surface area contributed by atoms with E-state index in [0.29, 0.717) is 12.1 Å². The van der Waals surface area contributed by atoms with E-state index in [9.17, 15) is 9.59 Å². The Bertz CT molecular complexity index is 985. The molecule has 1 heterocycles. The smallest absolute Gasteiger partial charge is 0.161 e. The Morgan fingerprint density at radius 1 is 0.963 bits per heavy atom. The second kappa shape index (κ2) is 8.05. The van der Waals surface area contributed by atoms with Crippen molar-refractivity contribution in [2.75, 3.05) is 0 Å². The van der Waals surface area contributed by atoms with Gasteiger partial charge in [0.1, 0.15) is 5.78 Å². The third-order valence-electron chi connectivity index (χ3n) is 4.70. The summed E-state index contributed by atoms with van der Waals surface area (Å²) in [6, 6.07) is 18.2. The van der Waals surface area contributed by atoms with Gasteiger partial charge in [0, 0.05) is 28.7 Å². The van der Waals surface area contributed by atoms with E-state index >= 15 is 0 Å². The molecule has 1 aromatic heterocycles. The molecular weight excluding hydrogens is 402 g/mol. The quantitative estimate of drug-likeness (QED) is 0.483. The lowest BCUT2D eigenvalue weighted by atomic mass is 9.97. The summed E-state index contributed by atoms with van der Waals surface area (Å²) in [6.07, 6.45) is 0.253. The molecule has 0 spiro atoms. The first kappa shape index (κ1) is 19.3. The van der Waals surface area contributed by atoms with Gasteiger partial charge in [0.15, 0.2) is 5.78 Å². The molecule has 2 aromatic carbocycles. The molecule has 0 saturated heterocycles. The second-order valence-corrected chi connectivity index (χ2v) is 7.72. The van der Waals surface area contributed by atoms with Gasteiger partial charge in [-0.25, -0.2) is 0 Å². The molecule has 3 aromatic rings. The number of aromatic nitrogens is 1. The van der Waals surface area contributed by atoms with Crippen molar-refractivity contribution in [1.82, 2.24) is 4.57 Å². The third-order valence-corrected chi connectivity index (χ3v) is 5.23. The zero-order valence-electron chi connectivity index (χ0n) is 15.8. The summed E-state index contributed by atoms with van der Waals surface area (Å²) in [6.45, 7) is 5.76. The van der Waals surface area contributed by atoms with E-state index in [2.05, 4.69) is 32.6 Å². The van der Waals surface area contributed by atoms with E-state index in [4.69, 9.17) is 0 Å². The van der Waals surface area contributed by atoms with Gasteiger partial charge < -0.3 is 4.57 Å². The summed E-state index contributed by atoms with van der Waals surface area (Å²) in [4.78, 5) is 24.4. The summed E-state index contributed by atoms with van der Waals surface area (Å²) >= 11 is 3.48. The molecular formula is C23H22BrNO2. The number of nitrogens with zero attached hydrogens (tertiary/aromatic N) is 1. The second-order valence-electron chi connectivity index (χ2n) is 6.80. The first-order valence-corrected chi connectivity index (χ1v) is 9.70. The van der Waals surface area contributed by atoms with Gasteiger partial charge in [0.2, 0.25) is 0 Å². The van der Waals surface area contributed by atoms with Crippen molar-refractivity contribution in [1.29, 1.82) is 0 Å². The summed E-state index contributed by atoms with van der Waals surface area (Å²) in [5, 5.41) is 0. The molecule has 0 unspecified atom stereocenters. The number of carbonyl (C=O) groups is 2. The Labute approximate surface area is 168 Å². The average Bonchev–Trinajstić information content (AvgIpc) is 2.88. The SMILES string of the molecule is CC(=O)Cc1c(C(C)=O)c(C)n(Cc2ccccc2)c1-c1ccc(Br)cc1. The maximum Gasteiger partial charge on any atom is 0.161 e. The largest absolute Gasteiger partial charge is 0.339 e. The fraction of sp³-hybridized carbons (Fsp3) is 0.217. The predicted octanol–water partition coefficient (Wildman–Crippen LogP) is 5.61. The Hall–Kier alpha value is -2.46. The predicted molar refractivity (Wildman–Crippen MR) is 112 cm³/mol. The lowest BCUT2D eigenvalue weighted by Gasteiger charge is -2.14. The lowest BCUT2D eigenvalue weighted by Crippen LogP contribution is -2.05. The highest BCUT2D eigenvalue weighted by atomic mass is 79.9. The zero-order valence-corrected chi connectivity index (χ0v) is 17.3. The topological polar surface area (TPSA) is 39.1 Å². The molecule has 4 heteroatoms. The van der Waals surface area contributed by atoms with Gasteiger partial charge in [-0.15, -0.1) is 0 Å². The van der Waals surface area contributed by atoms with Crippen LogP contribution in [0.15, 0.2) is 59.1 Å². The van der Waals surface area contributed by atoms with Gasteiger partial charge in [-0.05, 0) is 49.6 Å². The van der Waals surface area contributed by atoms with Crippen molar-refractivity contribution in [3.8, 4) is 11.3 Å². The number of rotatable bonds is 6. The minimum absolute atomic E-state index is 0.00563. The van der Waals surface area contributed by atoms with Crippen LogP contribution in [0.2, 0.25) is 0 Å². The summed E-state index contributed by atoms with van der Waals surface area (Å²) in [5.74, 6) is 0.0432. The van der Waals surface area contributed by atoms with E-state index < -0.39 is 0 Å². The van der Waals surface area contributed by atoms with Crippen LogP contribution in [0.4, 0.5) is 0 Å². The molecule has 0 amide bonds. The van der Waals surface area contributed by atoms with Gasteiger partial charge in [-0.2, -0.15) is 0 Å². The highest BCUT2D eigenvalue weighted by Gasteiger charge is 2.24. The van der Waals surface area contributed by atoms with Crippen LogP contribution in [0, 0.1) is 6.92 Å². The van der Waals surface area contributed by atoms with Crippen LogP contribution >= 0.6 is 15.9 Å². The maximum atomic E-state index is 12.4. The number of hydrogen-bond donors (Lipinski definition) is 0. The fourth-order valence-corrected chi connectivity index (χ4v) is 3.86. The monoisotopic (exact) mass is 423 g/mol. The number of hydrogen-bond acceptors (Lipinski definition) is 2. The van der Waals surface area contributed by atoms with E-state index in [-0.39, 0.29) is 18.0 Å². The summed E-state index contributed by atoms with van der Waals surface area (Å²) in [5.41, 5.74) is 5.49. The van der Waals surface area contributed by atoms with Crippen LogP contribution in [-0.2, 0) is 17.8 Å². The molecule has 3 rings (SSSR count). The molecule has 0 aliphatic carbocycles. The molecule has 3 nitrogen and oxygen atoms in total. The number of halogens is 1. The molecule has 0 bridgehead atoms. The van der Waals surface area contributed by atoms with E-state index in [1.54, 1.807) is 13.8 Å². The number of carbonyl (C=O) groups excluding carboxylic acids is 2. The van der Waals surface area contributed by atoms with E-state index in [1.807, 2.05) is 49.4 Å². The fourth-order valence-electron chi connectivity index (χ4n) is 3.59. The minimum atomic E-state index is -0.00563. The molecule has 27 heavy (non-hydrogen) atoms. The number of Topliss-reactive ketones (excluding diaryl/α,β-unsaturated/α-hetero) is 2. The first-order valence-electron chi connectivity index (χ1n) is 8.90. The van der Waals surface area contributed by atoms with E-state index in [1.165, 1.54) is 0 Å². The molecule has 0 aliphatic rings. The molecule has 0 aliphatic heterocycles. The molecule has 138 valence electrons. The number of ketones is 2.